The summed E-state index contributed by atoms with van der Waals surface area (Å²) in [5, 5.41) is 2.75. The van der Waals surface area contributed by atoms with Gasteiger partial charge in [-0.05, 0) is 37.3 Å². The lowest BCUT2D eigenvalue weighted by atomic mass is 10.0. The van der Waals surface area contributed by atoms with Crippen molar-refractivity contribution in [2.24, 2.45) is 0 Å². The van der Waals surface area contributed by atoms with Gasteiger partial charge < -0.3 is 24.8 Å². The second-order valence-corrected chi connectivity index (χ2v) is 8.86. The van der Waals surface area contributed by atoms with Crippen molar-refractivity contribution in [3.8, 4) is 0 Å². The largest absolute Gasteiger partial charge is 0.368 e. The van der Waals surface area contributed by atoms with Crippen LogP contribution in [0.5, 0.6) is 0 Å². The number of fused-ring (bicyclic) bond motifs is 1. The minimum Gasteiger partial charge on any atom is -0.368 e. The molecule has 0 bridgehead atoms. The highest BCUT2D eigenvalue weighted by Crippen LogP contribution is 2.41. The Balaban J connectivity index is 1.15. The highest BCUT2D eigenvalue weighted by Gasteiger charge is 2.47. The fourth-order valence-corrected chi connectivity index (χ4v) is 4.86. The van der Waals surface area contributed by atoms with E-state index < -0.39 is 6.04 Å². The highest BCUT2D eigenvalue weighted by atomic mass is 16.5. The summed E-state index contributed by atoms with van der Waals surface area (Å²) in [4.78, 5) is 56.1. The Morgan fingerprint density at radius 2 is 1.72 bits per heavy atom. The molecule has 3 aliphatic heterocycles. The van der Waals surface area contributed by atoms with Gasteiger partial charge in [0.25, 0.3) is 11.8 Å². The van der Waals surface area contributed by atoms with Gasteiger partial charge in [-0.15, -0.1) is 0 Å². The molecule has 1 N–H and O–H groups in total. The molecule has 1 aliphatic carbocycles. The van der Waals surface area contributed by atoms with Gasteiger partial charge in [0.05, 0.1) is 6.54 Å². The van der Waals surface area contributed by atoms with Crippen molar-refractivity contribution in [3.05, 3.63) is 35.4 Å². The van der Waals surface area contributed by atoms with Crippen LogP contribution in [0.2, 0.25) is 0 Å². The first-order chi connectivity index (χ1) is 15.5. The fourth-order valence-electron chi connectivity index (χ4n) is 4.86. The number of nitrogens with one attached hydrogen (secondary N) is 1. The minimum atomic E-state index is -0.681. The lowest BCUT2D eigenvalue weighted by Crippen LogP contribution is -2.54. The van der Waals surface area contributed by atoms with Crippen LogP contribution < -0.4 is 5.32 Å². The van der Waals surface area contributed by atoms with Gasteiger partial charge in [-0.25, -0.2) is 0 Å². The molecule has 5 rings (SSSR count). The second-order valence-electron chi connectivity index (χ2n) is 8.86. The fraction of sp³-hybridized carbons (Fsp3) is 0.565. The van der Waals surface area contributed by atoms with E-state index in [1.807, 2.05) is 12.1 Å². The zero-order chi connectivity index (χ0) is 22.2. The third kappa shape index (κ3) is 3.85. The number of amides is 4. The maximum absolute atomic E-state index is 13.0. The normalized spacial score (nSPS) is 25.1. The Labute approximate surface area is 186 Å². The zero-order valence-electron chi connectivity index (χ0n) is 18.0. The number of nitrogens with zero attached hydrogens (tertiary/aromatic N) is 3. The molecule has 2 saturated heterocycles. The van der Waals surface area contributed by atoms with Crippen molar-refractivity contribution in [2.75, 3.05) is 39.3 Å². The summed E-state index contributed by atoms with van der Waals surface area (Å²) in [5.41, 5.74) is 1.27. The van der Waals surface area contributed by atoms with E-state index in [1.54, 1.807) is 26.8 Å². The van der Waals surface area contributed by atoms with E-state index in [-0.39, 0.29) is 42.3 Å². The average molecular weight is 441 g/mol. The van der Waals surface area contributed by atoms with Gasteiger partial charge in [-0.2, -0.15) is 0 Å². The third-order valence-corrected chi connectivity index (χ3v) is 6.75. The molecule has 9 heteroatoms. The number of carbonyl (C=O) groups excluding carboxylic acids is 4. The van der Waals surface area contributed by atoms with Gasteiger partial charge in [-0.1, -0.05) is 18.2 Å². The number of ether oxygens (including phenoxy) is 1. The number of piperazine rings is 1. The molecule has 4 aliphatic rings. The van der Waals surface area contributed by atoms with E-state index in [4.69, 9.17) is 4.74 Å². The van der Waals surface area contributed by atoms with Crippen LogP contribution in [0.1, 0.15) is 47.6 Å². The summed E-state index contributed by atoms with van der Waals surface area (Å²) < 4.78 is 5.47. The van der Waals surface area contributed by atoms with Gasteiger partial charge >= 0.3 is 0 Å². The van der Waals surface area contributed by atoms with Crippen molar-refractivity contribution in [1.29, 1.82) is 0 Å². The zero-order valence-corrected chi connectivity index (χ0v) is 18.0. The molecular formula is C23H28N4O5. The van der Waals surface area contributed by atoms with E-state index in [2.05, 4.69) is 5.32 Å². The Morgan fingerprint density at radius 1 is 1.00 bits per heavy atom. The smallest absolute Gasteiger partial charge is 0.255 e. The van der Waals surface area contributed by atoms with Crippen LogP contribution in [-0.2, 0) is 19.1 Å². The van der Waals surface area contributed by atoms with Crippen LogP contribution >= 0.6 is 0 Å². The summed E-state index contributed by atoms with van der Waals surface area (Å²) in [6.45, 7) is 2.32. The van der Waals surface area contributed by atoms with Crippen LogP contribution in [-0.4, -0.2) is 89.8 Å². The van der Waals surface area contributed by atoms with Crippen LogP contribution in [0, 0.1) is 0 Å². The quantitative estimate of drug-likeness (QED) is 0.711. The van der Waals surface area contributed by atoms with E-state index >= 15 is 0 Å². The van der Waals surface area contributed by atoms with Crippen molar-refractivity contribution in [1.82, 2.24) is 20.0 Å². The van der Waals surface area contributed by atoms with Crippen LogP contribution in [0.3, 0.4) is 0 Å². The van der Waals surface area contributed by atoms with E-state index in [9.17, 15) is 19.2 Å². The van der Waals surface area contributed by atoms with E-state index in [0.717, 1.165) is 25.7 Å². The van der Waals surface area contributed by atoms with E-state index in [1.165, 1.54) is 0 Å². The molecule has 2 unspecified atom stereocenters. The maximum atomic E-state index is 13.0. The number of rotatable bonds is 5. The molecule has 1 saturated carbocycles. The highest BCUT2D eigenvalue weighted by molar-refractivity contribution is 6.05. The second kappa shape index (κ2) is 8.54. The van der Waals surface area contributed by atoms with Crippen molar-refractivity contribution in [2.45, 2.75) is 43.9 Å². The van der Waals surface area contributed by atoms with Crippen LogP contribution in [0.15, 0.2) is 24.3 Å². The predicted molar refractivity (Wildman–Crippen MR) is 114 cm³/mol. The van der Waals surface area contributed by atoms with Gasteiger partial charge in [0, 0.05) is 44.4 Å². The Kier molecular flexibility index (Phi) is 5.58. The number of hydrogen-bond acceptors (Lipinski definition) is 5. The molecule has 4 amide bonds. The number of benzene rings is 1. The van der Waals surface area contributed by atoms with Crippen molar-refractivity contribution < 1.29 is 23.9 Å². The molecular weight excluding hydrogens is 412 g/mol. The van der Waals surface area contributed by atoms with E-state index in [0.29, 0.717) is 43.9 Å². The monoisotopic (exact) mass is 440 g/mol. The first-order valence-corrected chi connectivity index (χ1v) is 11.4. The Hall–Kier alpha value is -2.94. The summed E-state index contributed by atoms with van der Waals surface area (Å²) in [6.07, 6.45) is 3.12. The number of carbonyl (C=O) groups is 4. The first kappa shape index (κ1) is 20.9. The maximum Gasteiger partial charge on any atom is 0.255 e. The molecule has 170 valence electrons. The Bertz CT molecular complexity index is 932. The lowest BCUT2D eigenvalue weighted by molar-refractivity contribution is -0.145. The van der Waals surface area contributed by atoms with Crippen molar-refractivity contribution in [3.63, 3.8) is 0 Å². The minimum absolute atomic E-state index is 0.00707. The molecule has 0 radical (unpaired) electrons. The topological polar surface area (TPSA) is 99.3 Å². The van der Waals surface area contributed by atoms with Crippen LogP contribution in [0.4, 0.5) is 0 Å². The molecule has 1 aromatic rings. The SMILES string of the molecule is O=C(NCC(=O)N1CCN(C(=O)C2CCCO2)CC1)C1c2ccccc2C(=O)N1C1CC1. The lowest BCUT2D eigenvalue weighted by Gasteiger charge is -2.36. The molecule has 2 atom stereocenters. The predicted octanol–water partition coefficient (Wildman–Crippen LogP) is 0.312. The van der Waals surface area contributed by atoms with Gasteiger partial charge in [0.15, 0.2) is 0 Å². The molecule has 1 aromatic carbocycles. The van der Waals surface area contributed by atoms with Gasteiger partial charge in [0.2, 0.25) is 11.8 Å². The summed E-state index contributed by atoms with van der Waals surface area (Å²) in [5.74, 6) is -0.608. The molecule has 9 nitrogen and oxygen atoms in total. The van der Waals surface area contributed by atoms with Gasteiger partial charge in [0.1, 0.15) is 12.1 Å². The molecule has 3 fully saturated rings. The third-order valence-electron chi connectivity index (χ3n) is 6.75. The molecule has 32 heavy (non-hydrogen) atoms. The summed E-state index contributed by atoms with van der Waals surface area (Å²) in [6, 6.07) is 6.60. The summed E-state index contributed by atoms with van der Waals surface area (Å²) >= 11 is 0. The molecule has 3 heterocycles. The Morgan fingerprint density at radius 3 is 2.41 bits per heavy atom. The van der Waals surface area contributed by atoms with Gasteiger partial charge in [-0.3, -0.25) is 19.2 Å². The molecule has 0 aromatic heterocycles. The number of hydrogen-bond donors (Lipinski definition) is 1. The standard InChI is InChI=1S/C23H28N4O5/c28-19(25-9-11-26(12-10-25)23(31)18-6-3-13-32-18)14-24-21(29)20-16-4-1-2-5-17(16)22(30)27(20)15-7-8-15/h1-2,4-5,15,18,20H,3,6-14H2,(H,24,29). The van der Waals surface area contributed by atoms with Crippen molar-refractivity contribution >= 4 is 23.6 Å². The van der Waals surface area contributed by atoms with Crippen LogP contribution in [0.25, 0.3) is 0 Å². The molecule has 0 spiro atoms. The first-order valence-electron chi connectivity index (χ1n) is 11.4. The summed E-state index contributed by atoms with van der Waals surface area (Å²) in [7, 11) is 0. The average Bonchev–Trinajstić information content (AvgIpc) is 3.41.